The maximum atomic E-state index is 12.5. The van der Waals surface area contributed by atoms with Crippen LogP contribution in [-0.2, 0) is 9.53 Å². The summed E-state index contributed by atoms with van der Waals surface area (Å²) in [5.74, 6) is 1.04. The molecule has 1 heterocycles. The normalized spacial score (nSPS) is 17.8. The molecule has 5 nitrogen and oxygen atoms in total. The molecule has 0 radical (unpaired) electrons. The Morgan fingerprint density at radius 2 is 2.14 bits per heavy atom. The molecule has 1 aromatic rings. The van der Waals surface area contributed by atoms with Gasteiger partial charge in [0, 0.05) is 31.6 Å². The minimum atomic E-state index is -0.384. The number of carbonyl (C=O) groups excluding carboxylic acids is 2. The van der Waals surface area contributed by atoms with E-state index < -0.39 is 0 Å². The maximum Gasteiger partial charge on any atom is 0.255 e. The van der Waals surface area contributed by atoms with Gasteiger partial charge >= 0.3 is 0 Å². The van der Waals surface area contributed by atoms with Crippen LogP contribution < -0.4 is 5.32 Å². The van der Waals surface area contributed by atoms with E-state index in [0.717, 1.165) is 6.42 Å². The van der Waals surface area contributed by atoms with Crippen LogP contribution in [0.3, 0.4) is 0 Å². The van der Waals surface area contributed by atoms with Crippen molar-refractivity contribution in [1.29, 1.82) is 0 Å². The molecule has 21 heavy (non-hydrogen) atoms. The molecule has 0 aliphatic carbocycles. The number of amides is 2. The van der Waals surface area contributed by atoms with Gasteiger partial charge in [-0.05, 0) is 18.6 Å². The number of ether oxygens (including phenoxy) is 1. The molecule has 1 atom stereocenters. The summed E-state index contributed by atoms with van der Waals surface area (Å²) < 4.78 is 4.95. The van der Waals surface area contributed by atoms with E-state index in [1.54, 1.807) is 35.9 Å². The smallest absolute Gasteiger partial charge is 0.255 e. The van der Waals surface area contributed by atoms with Crippen molar-refractivity contribution in [3.63, 3.8) is 0 Å². The first kappa shape index (κ1) is 15.9. The molecule has 1 saturated heterocycles. The molecular formula is C15H20N2O3S. The van der Waals surface area contributed by atoms with Crippen LogP contribution in [0.2, 0.25) is 0 Å². The van der Waals surface area contributed by atoms with Crippen LogP contribution >= 0.6 is 11.8 Å². The van der Waals surface area contributed by atoms with Gasteiger partial charge in [0.1, 0.15) is 6.04 Å². The van der Waals surface area contributed by atoms with Crippen LogP contribution in [-0.4, -0.2) is 54.6 Å². The minimum Gasteiger partial charge on any atom is -0.385 e. The highest BCUT2D eigenvalue weighted by atomic mass is 32.2. The monoisotopic (exact) mass is 308 g/mol. The SMILES string of the molecule is COCCCNC(=O)[C@H]1CSCN1C(=O)c1ccccc1. The van der Waals surface area contributed by atoms with Gasteiger partial charge in [-0.15, -0.1) is 11.8 Å². The molecule has 1 aliphatic heterocycles. The Morgan fingerprint density at radius 3 is 2.86 bits per heavy atom. The van der Waals surface area contributed by atoms with Crippen LogP contribution in [0, 0.1) is 0 Å². The number of carbonyl (C=O) groups is 2. The molecule has 1 N–H and O–H groups in total. The highest BCUT2D eigenvalue weighted by molar-refractivity contribution is 7.99. The van der Waals surface area contributed by atoms with Gasteiger partial charge in [0.2, 0.25) is 5.91 Å². The summed E-state index contributed by atoms with van der Waals surface area (Å²) in [6, 6.07) is 8.70. The Bertz CT molecular complexity index is 481. The zero-order chi connectivity index (χ0) is 15.1. The molecule has 2 amide bonds. The van der Waals surface area contributed by atoms with E-state index in [9.17, 15) is 9.59 Å². The number of rotatable bonds is 6. The average molecular weight is 308 g/mol. The number of methoxy groups -OCH3 is 1. The summed E-state index contributed by atoms with van der Waals surface area (Å²) in [5, 5.41) is 2.87. The lowest BCUT2D eigenvalue weighted by atomic mass is 10.1. The van der Waals surface area contributed by atoms with Crippen molar-refractivity contribution >= 4 is 23.6 Å². The molecule has 0 aromatic heterocycles. The Hall–Kier alpha value is -1.53. The van der Waals surface area contributed by atoms with E-state index in [2.05, 4.69) is 5.32 Å². The fourth-order valence-electron chi connectivity index (χ4n) is 2.15. The second-order valence-corrected chi connectivity index (χ2v) is 5.79. The van der Waals surface area contributed by atoms with Crippen molar-refractivity contribution in [3.05, 3.63) is 35.9 Å². The Kier molecular flexibility index (Phi) is 6.07. The Balaban J connectivity index is 1.93. The molecule has 0 unspecified atom stereocenters. The van der Waals surface area contributed by atoms with E-state index in [1.165, 1.54) is 0 Å². The van der Waals surface area contributed by atoms with Crippen LogP contribution in [0.5, 0.6) is 0 Å². The van der Waals surface area contributed by atoms with Crippen molar-refractivity contribution in [2.75, 3.05) is 31.9 Å². The van der Waals surface area contributed by atoms with Crippen molar-refractivity contribution in [3.8, 4) is 0 Å². The van der Waals surface area contributed by atoms with Gasteiger partial charge < -0.3 is 15.0 Å². The summed E-state index contributed by atoms with van der Waals surface area (Å²) >= 11 is 1.60. The summed E-state index contributed by atoms with van der Waals surface area (Å²) in [6.45, 7) is 1.19. The van der Waals surface area contributed by atoms with E-state index in [-0.39, 0.29) is 17.9 Å². The molecular weight excluding hydrogens is 288 g/mol. The second kappa shape index (κ2) is 8.05. The predicted molar refractivity (Wildman–Crippen MR) is 83.2 cm³/mol. The van der Waals surface area contributed by atoms with Crippen molar-refractivity contribution < 1.29 is 14.3 Å². The van der Waals surface area contributed by atoms with E-state index >= 15 is 0 Å². The zero-order valence-electron chi connectivity index (χ0n) is 12.1. The second-order valence-electron chi connectivity index (χ2n) is 4.79. The van der Waals surface area contributed by atoms with E-state index in [4.69, 9.17) is 4.74 Å². The van der Waals surface area contributed by atoms with Crippen molar-refractivity contribution in [1.82, 2.24) is 10.2 Å². The first-order chi connectivity index (χ1) is 10.2. The quantitative estimate of drug-likeness (QED) is 0.806. The first-order valence-corrected chi connectivity index (χ1v) is 8.10. The molecule has 1 aromatic carbocycles. The predicted octanol–water partition coefficient (Wildman–Crippen LogP) is 1.35. The van der Waals surface area contributed by atoms with E-state index in [0.29, 0.717) is 30.3 Å². The third-order valence-corrected chi connectivity index (χ3v) is 4.30. The van der Waals surface area contributed by atoms with Crippen LogP contribution in [0.1, 0.15) is 16.8 Å². The molecule has 114 valence electrons. The molecule has 0 spiro atoms. The molecule has 0 bridgehead atoms. The van der Waals surface area contributed by atoms with Gasteiger partial charge in [-0.2, -0.15) is 0 Å². The number of nitrogens with one attached hydrogen (secondary N) is 1. The molecule has 1 aliphatic rings. The zero-order valence-corrected chi connectivity index (χ0v) is 12.9. The van der Waals surface area contributed by atoms with E-state index in [1.807, 2.05) is 18.2 Å². The first-order valence-electron chi connectivity index (χ1n) is 6.94. The maximum absolute atomic E-state index is 12.5. The number of hydrogen-bond acceptors (Lipinski definition) is 4. The number of hydrogen-bond donors (Lipinski definition) is 1. The standard InChI is InChI=1S/C15H20N2O3S/c1-20-9-5-8-16-14(18)13-10-21-11-17(13)15(19)12-6-3-2-4-7-12/h2-4,6-7,13H,5,8-11H2,1H3,(H,16,18)/t13-/m1/s1. The number of thioether (sulfide) groups is 1. The van der Waals surface area contributed by atoms with Gasteiger partial charge in [0.05, 0.1) is 5.88 Å². The number of nitrogens with zero attached hydrogens (tertiary/aromatic N) is 1. The van der Waals surface area contributed by atoms with Gasteiger partial charge in [0.15, 0.2) is 0 Å². The number of benzene rings is 1. The molecule has 6 heteroatoms. The highest BCUT2D eigenvalue weighted by Crippen LogP contribution is 2.23. The van der Waals surface area contributed by atoms with Gasteiger partial charge in [-0.3, -0.25) is 9.59 Å². The summed E-state index contributed by atoms with van der Waals surface area (Å²) in [7, 11) is 1.63. The topological polar surface area (TPSA) is 58.6 Å². The van der Waals surface area contributed by atoms with Crippen LogP contribution in [0.25, 0.3) is 0 Å². The van der Waals surface area contributed by atoms with Crippen LogP contribution in [0.15, 0.2) is 30.3 Å². The van der Waals surface area contributed by atoms with Gasteiger partial charge in [-0.25, -0.2) is 0 Å². The fourth-order valence-corrected chi connectivity index (χ4v) is 3.31. The fraction of sp³-hybridized carbons (Fsp3) is 0.467. The third-order valence-electron chi connectivity index (χ3n) is 3.29. The van der Waals surface area contributed by atoms with Gasteiger partial charge in [0.25, 0.3) is 5.91 Å². The molecule has 0 saturated carbocycles. The Labute approximate surface area is 129 Å². The summed E-state index contributed by atoms with van der Waals surface area (Å²) in [4.78, 5) is 26.3. The summed E-state index contributed by atoms with van der Waals surface area (Å²) in [5.41, 5.74) is 0.622. The Morgan fingerprint density at radius 1 is 1.38 bits per heavy atom. The van der Waals surface area contributed by atoms with Crippen molar-refractivity contribution in [2.24, 2.45) is 0 Å². The lowest BCUT2D eigenvalue weighted by molar-refractivity contribution is -0.124. The van der Waals surface area contributed by atoms with Crippen molar-refractivity contribution in [2.45, 2.75) is 12.5 Å². The lowest BCUT2D eigenvalue weighted by Gasteiger charge is -2.23. The largest absolute Gasteiger partial charge is 0.385 e. The van der Waals surface area contributed by atoms with Gasteiger partial charge in [-0.1, -0.05) is 18.2 Å². The lowest BCUT2D eigenvalue weighted by Crippen LogP contribution is -2.47. The molecule has 1 fully saturated rings. The van der Waals surface area contributed by atoms with Crippen LogP contribution in [0.4, 0.5) is 0 Å². The minimum absolute atomic E-state index is 0.0830. The highest BCUT2D eigenvalue weighted by Gasteiger charge is 2.34. The summed E-state index contributed by atoms with van der Waals surface area (Å²) in [6.07, 6.45) is 0.773. The third kappa shape index (κ3) is 4.22. The molecule has 2 rings (SSSR count). The average Bonchev–Trinajstić information content (AvgIpc) is 3.01.